The Balaban J connectivity index is 1.40. The number of rotatable bonds is 9. The predicted octanol–water partition coefficient (Wildman–Crippen LogP) is 6.55. The van der Waals surface area contributed by atoms with E-state index in [1.54, 1.807) is 19.2 Å². The van der Waals surface area contributed by atoms with E-state index in [0.717, 1.165) is 28.8 Å². The molecule has 0 spiro atoms. The Morgan fingerprint density at radius 2 is 2.02 bits per heavy atom. The van der Waals surface area contributed by atoms with Crippen LogP contribution in [0, 0.1) is 5.82 Å². The number of nitrogens with one attached hydrogen (secondary N) is 3. The molecule has 11 heteroatoms. The number of aromatic nitrogens is 6. The van der Waals surface area contributed by atoms with E-state index in [0.29, 0.717) is 45.1 Å². The molecular formula is C29H26FN7O2S. The zero-order valence-corrected chi connectivity index (χ0v) is 22.6. The molecule has 5 aromatic heterocycles. The maximum absolute atomic E-state index is 16.1. The van der Waals surface area contributed by atoms with Crippen molar-refractivity contribution in [3.63, 3.8) is 0 Å². The molecule has 0 aliphatic carbocycles. The summed E-state index contributed by atoms with van der Waals surface area (Å²) in [5.41, 5.74) is 4.24. The van der Waals surface area contributed by atoms with Crippen LogP contribution in [0.25, 0.3) is 55.2 Å². The second-order valence-electron chi connectivity index (χ2n) is 9.55. The number of aliphatic hydroxyl groups excluding tert-OH is 1. The molecule has 0 saturated heterocycles. The van der Waals surface area contributed by atoms with Crippen molar-refractivity contribution in [2.75, 3.05) is 5.32 Å². The third-order valence-electron chi connectivity index (χ3n) is 6.68. The smallest absolute Gasteiger partial charge is 0.169 e. The Bertz CT molecular complexity index is 1860. The van der Waals surface area contributed by atoms with Crippen molar-refractivity contribution in [3.8, 4) is 33.2 Å². The van der Waals surface area contributed by atoms with Crippen LogP contribution in [-0.2, 0) is 0 Å². The van der Waals surface area contributed by atoms with Gasteiger partial charge in [-0.05, 0) is 44.0 Å². The first-order valence-corrected chi connectivity index (χ1v) is 13.8. The van der Waals surface area contributed by atoms with Gasteiger partial charge in [-0.3, -0.25) is 19.9 Å². The van der Waals surface area contributed by atoms with E-state index in [9.17, 15) is 9.90 Å². The molecule has 6 aromatic rings. The Morgan fingerprint density at radius 1 is 1.15 bits per heavy atom. The summed E-state index contributed by atoms with van der Waals surface area (Å²) in [6.45, 7) is 3.60. The highest BCUT2D eigenvalue weighted by Gasteiger charge is 2.22. The van der Waals surface area contributed by atoms with Gasteiger partial charge in [0.15, 0.2) is 17.4 Å². The molecule has 1 atom stereocenters. The van der Waals surface area contributed by atoms with Crippen molar-refractivity contribution in [2.24, 2.45) is 0 Å². The van der Waals surface area contributed by atoms with Crippen LogP contribution in [0.1, 0.15) is 42.8 Å². The number of hydrogen-bond acceptors (Lipinski definition) is 8. The number of pyridine rings is 2. The Kier molecular flexibility index (Phi) is 6.82. The zero-order chi connectivity index (χ0) is 27.8. The van der Waals surface area contributed by atoms with Crippen LogP contribution in [-0.4, -0.2) is 47.3 Å². The number of ketones is 1. The van der Waals surface area contributed by atoms with E-state index in [-0.39, 0.29) is 16.9 Å². The molecule has 0 aliphatic rings. The first-order valence-electron chi connectivity index (χ1n) is 13.0. The highest BCUT2D eigenvalue weighted by atomic mass is 32.1. The number of anilines is 1. The maximum atomic E-state index is 16.1. The predicted molar refractivity (Wildman–Crippen MR) is 155 cm³/mol. The number of hydrogen-bond donors (Lipinski definition) is 4. The molecule has 1 unspecified atom stereocenters. The number of aliphatic hydroxyl groups is 1. The minimum Gasteiger partial charge on any atom is -0.374 e. The number of Topliss-reactive ketones (excluding diaryl/α,β-unsaturated/α-hetero) is 1. The molecule has 0 radical (unpaired) electrons. The zero-order valence-electron chi connectivity index (χ0n) is 21.8. The quantitative estimate of drug-likeness (QED) is 0.117. The van der Waals surface area contributed by atoms with Gasteiger partial charge in [0.05, 0.1) is 44.9 Å². The monoisotopic (exact) mass is 555 g/mol. The lowest BCUT2D eigenvalue weighted by atomic mass is 10.1. The molecule has 4 N–H and O–H groups in total. The second kappa shape index (κ2) is 10.6. The molecule has 9 nitrogen and oxygen atoms in total. The van der Waals surface area contributed by atoms with Gasteiger partial charge >= 0.3 is 0 Å². The lowest BCUT2D eigenvalue weighted by molar-refractivity contribution is 0.102. The number of carbonyl (C=O) groups excluding carboxylic acids is 1. The molecular weight excluding hydrogens is 529 g/mol. The lowest BCUT2D eigenvalue weighted by Gasteiger charge is -2.14. The Hall–Kier alpha value is -4.48. The third-order valence-corrected chi connectivity index (χ3v) is 7.90. The Morgan fingerprint density at radius 3 is 2.83 bits per heavy atom. The molecule has 202 valence electrons. The summed E-state index contributed by atoms with van der Waals surface area (Å²) in [6.07, 6.45) is 6.37. The van der Waals surface area contributed by atoms with Crippen LogP contribution in [0.3, 0.4) is 0 Å². The maximum Gasteiger partial charge on any atom is 0.169 e. The number of para-hydroxylation sites is 1. The minimum absolute atomic E-state index is 0.0122. The van der Waals surface area contributed by atoms with E-state index in [4.69, 9.17) is 4.98 Å². The summed E-state index contributed by atoms with van der Waals surface area (Å²) < 4.78 is 16.1. The average Bonchev–Trinajstić information content (AvgIpc) is 3.70. The van der Waals surface area contributed by atoms with Gasteiger partial charge < -0.3 is 15.4 Å². The lowest BCUT2D eigenvalue weighted by Crippen LogP contribution is -2.18. The van der Waals surface area contributed by atoms with Gasteiger partial charge in [-0.25, -0.2) is 9.37 Å². The average molecular weight is 556 g/mol. The number of nitrogens with zero attached hydrogens (tertiary/aromatic N) is 4. The summed E-state index contributed by atoms with van der Waals surface area (Å²) >= 11 is 1.41. The number of aromatic amines is 2. The van der Waals surface area contributed by atoms with E-state index in [1.165, 1.54) is 23.7 Å². The highest BCUT2D eigenvalue weighted by molar-refractivity contribution is 7.17. The molecule has 0 saturated carbocycles. The fourth-order valence-electron chi connectivity index (χ4n) is 4.67. The summed E-state index contributed by atoms with van der Waals surface area (Å²) in [5.74, 6) is -0.143. The fraction of sp³-hybridized carbons (Fsp3) is 0.207. The minimum atomic E-state index is -0.723. The van der Waals surface area contributed by atoms with Gasteiger partial charge in [-0.1, -0.05) is 25.5 Å². The third kappa shape index (κ3) is 4.74. The number of halogens is 1. The number of thiophene rings is 1. The van der Waals surface area contributed by atoms with E-state index in [1.807, 2.05) is 30.3 Å². The number of imidazole rings is 1. The van der Waals surface area contributed by atoms with Crippen molar-refractivity contribution in [1.82, 2.24) is 30.1 Å². The SMILES string of the molecule is CCCCC(O)Nc1cncc(-c2ncc3[nH]nc(-c4nc5c(-c6ccc(C(C)=O)s6)cccc5[nH]4)c3c2F)c1. The van der Waals surface area contributed by atoms with Crippen LogP contribution in [0.4, 0.5) is 10.1 Å². The largest absolute Gasteiger partial charge is 0.374 e. The van der Waals surface area contributed by atoms with Gasteiger partial charge in [-0.15, -0.1) is 11.3 Å². The molecule has 5 heterocycles. The summed E-state index contributed by atoms with van der Waals surface area (Å²) in [7, 11) is 0. The van der Waals surface area contributed by atoms with Crippen LogP contribution < -0.4 is 5.32 Å². The van der Waals surface area contributed by atoms with E-state index < -0.39 is 12.0 Å². The normalized spacial score (nSPS) is 12.3. The number of carbonyl (C=O) groups is 1. The van der Waals surface area contributed by atoms with Crippen molar-refractivity contribution in [1.29, 1.82) is 0 Å². The fourth-order valence-corrected chi connectivity index (χ4v) is 5.60. The number of benzene rings is 1. The van der Waals surface area contributed by atoms with Crippen molar-refractivity contribution in [3.05, 3.63) is 65.7 Å². The van der Waals surface area contributed by atoms with E-state index >= 15 is 4.39 Å². The summed E-state index contributed by atoms with van der Waals surface area (Å²) in [4.78, 5) is 30.0. The van der Waals surface area contributed by atoms with Gasteiger partial charge in [-0.2, -0.15) is 5.10 Å². The van der Waals surface area contributed by atoms with Crippen molar-refractivity contribution >= 4 is 44.7 Å². The first kappa shape index (κ1) is 25.8. The van der Waals surface area contributed by atoms with Gasteiger partial charge in [0.25, 0.3) is 0 Å². The van der Waals surface area contributed by atoms with Gasteiger partial charge in [0.1, 0.15) is 17.6 Å². The van der Waals surface area contributed by atoms with Crippen molar-refractivity contribution in [2.45, 2.75) is 39.3 Å². The molecule has 0 bridgehead atoms. The molecule has 6 rings (SSSR count). The molecule has 0 aliphatic heterocycles. The molecule has 1 aromatic carbocycles. The van der Waals surface area contributed by atoms with E-state index in [2.05, 4.69) is 37.4 Å². The first-order chi connectivity index (χ1) is 19.4. The van der Waals surface area contributed by atoms with Crippen LogP contribution in [0.15, 0.2) is 55.0 Å². The summed E-state index contributed by atoms with van der Waals surface area (Å²) in [5, 5.41) is 20.7. The second-order valence-corrected chi connectivity index (χ2v) is 10.6. The van der Waals surface area contributed by atoms with Crippen molar-refractivity contribution < 1.29 is 14.3 Å². The number of unbranched alkanes of at least 4 members (excludes halogenated alkanes) is 1. The van der Waals surface area contributed by atoms with Crippen LogP contribution in [0.2, 0.25) is 0 Å². The van der Waals surface area contributed by atoms with Crippen LogP contribution >= 0.6 is 11.3 Å². The molecule has 40 heavy (non-hydrogen) atoms. The Labute approximate surface area is 232 Å². The van der Waals surface area contributed by atoms with Gasteiger partial charge in [0, 0.05) is 22.2 Å². The van der Waals surface area contributed by atoms with Gasteiger partial charge in [0.2, 0.25) is 0 Å². The summed E-state index contributed by atoms with van der Waals surface area (Å²) in [6, 6.07) is 11.2. The molecule has 0 amide bonds. The topological polar surface area (TPSA) is 132 Å². The standard InChI is InChI=1S/C29H26FN7O2S/c1-3-4-8-23(39)33-17-11-16(12-31-13-17)26-25(30)24-20(14-32-26)36-37-28(24)29-34-19-7-5-6-18(27(19)35-29)22-10-9-21(40-22)15(2)38/h5-7,9-14,23,33,39H,3-4,8H2,1-2H3,(H,34,35)(H,36,37). The number of H-pyrrole nitrogens is 2. The van der Waals surface area contributed by atoms with Crippen LogP contribution in [0.5, 0.6) is 0 Å². The number of fused-ring (bicyclic) bond motifs is 2. The molecule has 0 fully saturated rings. The highest BCUT2D eigenvalue weighted by Crippen LogP contribution is 2.36.